The lowest BCUT2D eigenvalue weighted by Crippen LogP contribution is -3.13. The van der Waals surface area contributed by atoms with Crippen molar-refractivity contribution in [1.82, 2.24) is 5.32 Å². The molecule has 1 aromatic heterocycles. The number of nitrogens with zero attached hydrogens (tertiary/aromatic N) is 1. The van der Waals surface area contributed by atoms with Gasteiger partial charge in [-0.3, -0.25) is 14.9 Å². The number of hydrogen-bond donors (Lipinski definition) is 2. The van der Waals surface area contributed by atoms with Gasteiger partial charge < -0.3 is 15.0 Å². The molecule has 2 aromatic rings. The maximum Gasteiger partial charge on any atom is 0.324 e. The van der Waals surface area contributed by atoms with Gasteiger partial charge in [0.25, 0.3) is 5.91 Å². The predicted octanol–water partition coefficient (Wildman–Crippen LogP) is 2.20. The van der Waals surface area contributed by atoms with Gasteiger partial charge >= 0.3 is 5.00 Å². The second-order valence-corrected chi connectivity index (χ2v) is 7.71. The summed E-state index contributed by atoms with van der Waals surface area (Å²) < 4.78 is 5.24. The Bertz CT molecular complexity index is 785. The van der Waals surface area contributed by atoms with E-state index in [2.05, 4.69) is 5.32 Å². The summed E-state index contributed by atoms with van der Waals surface area (Å²) in [6, 6.07) is 11.0. The molecule has 0 spiro atoms. The number of likely N-dealkylation sites (tertiary alicyclic amines) is 1. The fraction of sp³-hybridized carbons (Fsp3) is 0.421. The van der Waals surface area contributed by atoms with Gasteiger partial charge in [0.15, 0.2) is 0 Å². The molecular formula is C19H24N3O4S+. The van der Waals surface area contributed by atoms with E-state index in [0.717, 1.165) is 35.7 Å². The average molecular weight is 390 g/mol. The first kappa shape index (κ1) is 19.3. The van der Waals surface area contributed by atoms with Gasteiger partial charge in [-0.25, -0.2) is 0 Å². The minimum atomic E-state index is -0.473. The van der Waals surface area contributed by atoms with Crippen LogP contribution in [0.1, 0.15) is 40.5 Å². The monoisotopic (exact) mass is 390 g/mol. The zero-order valence-corrected chi connectivity index (χ0v) is 16.1. The van der Waals surface area contributed by atoms with Crippen molar-refractivity contribution in [2.45, 2.75) is 25.3 Å². The van der Waals surface area contributed by atoms with Crippen LogP contribution in [-0.4, -0.2) is 37.6 Å². The molecule has 1 atom stereocenters. The number of nitro groups is 1. The highest BCUT2D eigenvalue weighted by atomic mass is 32.1. The molecule has 1 aliphatic heterocycles. The summed E-state index contributed by atoms with van der Waals surface area (Å²) in [4.78, 5) is 24.6. The molecule has 144 valence electrons. The number of carbonyl (C=O) groups excluding carboxylic acids is 1. The highest BCUT2D eigenvalue weighted by Gasteiger charge is 2.27. The van der Waals surface area contributed by atoms with Crippen molar-refractivity contribution in [2.75, 3.05) is 26.7 Å². The van der Waals surface area contributed by atoms with Crippen molar-refractivity contribution in [1.29, 1.82) is 0 Å². The zero-order chi connectivity index (χ0) is 19.2. The van der Waals surface area contributed by atoms with Crippen LogP contribution in [0.4, 0.5) is 5.00 Å². The van der Waals surface area contributed by atoms with E-state index in [9.17, 15) is 14.9 Å². The maximum absolute atomic E-state index is 12.4. The number of benzene rings is 1. The Balaban J connectivity index is 1.71. The van der Waals surface area contributed by atoms with E-state index in [0.29, 0.717) is 11.4 Å². The Labute approximate surface area is 162 Å². The van der Waals surface area contributed by atoms with Crippen LogP contribution in [0, 0.1) is 10.1 Å². The van der Waals surface area contributed by atoms with E-state index in [1.54, 1.807) is 7.11 Å². The first-order valence-corrected chi connectivity index (χ1v) is 9.91. The molecule has 2 N–H and O–H groups in total. The summed E-state index contributed by atoms with van der Waals surface area (Å²) in [5.74, 6) is 0.545. The maximum atomic E-state index is 12.4. The molecule has 0 aliphatic carbocycles. The Morgan fingerprint density at radius 3 is 2.52 bits per heavy atom. The number of quaternary nitrogens is 1. The van der Waals surface area contributed by atoms with Crippen molar-refractivity contribution < 1.29 is 19.4 Å². The summed E-state index contributed by atoms with van der Waals surface area (Å²) in [5, 5.41) is 13.8. The third-order valence-corrected chi connectivity index (χ3v) is 6.00. The highest BCUT2D eigenvalue weighted by Crippen LogP contribution is 2.24. The molecule has 2 heterocycles. The number of nitrogens with one attached hydrogen (secondary N) is 2. The second kappa shape index (κ2) is 8.96. The lowest BCUT2D eigenvalue weighted by molar-refractivity contribution is -0.935. The molecule has 1 amide bonds. The molecule has 1 saturated heterocycles. The number of methoxy groups -OCH3 is 1. The Hall–Kier alpha value is -2.45. The molecule has 0 unspecified atom stereocenters. The van der Waals surface area contributed by atoms with Crippen molar-refractivity contribution in [3.8, 4) is 5.75 Å². The summed E-state index contributed by atoms with van der Waals surface area (Å²) in [6.45, 7) is 2.65. The number of rotatable bonds is 7. The number of hydrogen-bond acceptors (Lipinski definition) is 5. The first-order chi connectivity index (χ1) is 13.1. The summed E-state index contributed by atoms with van der Waals surface area (Å²) in [6.07, 6.45) is 3.63. The van der Waals surface area contributed by atoms with Gasteiger partial charge in [0.1, 0.15) is 11.8 Å². The number of thiophene rings is 1. The third-order valence-electron chi connectivity index (χ3n) is 4.97. The van der Waals surface area contributed by atoms with Crippen molar-refractivity contribution in [2.24, 2.45) is 0 Å². The smallest absolute Gasteiger partial charge is 0.324 e. The second-order valence-electron chi connectivity index (χ2n) is 6.65. The van der Waals surface area contributed by atoms with Crippen LogP contribution in [0.25, 0.3) is 0 Å². The van der Waals surface area contributed by atoms with Crippen LogP contribution >= 0.6 is 11.3 Å². The molecule has 27 heavy (non-hydrogen) atoms. The van der Waals surface area contributed by atoms with E-state index in [1.807, 2.05) is 24.3 Å². The van der Waals surface area contributed by atoms with Crippen LogP contribution in [0.5, 0.6) is 5.75 Å². The Kier molecular flexibility index (Phi) is 6.41. The number of piperidine rings is 1. The molecule has 3 rings (SSSR count). The fourth-order valence-electron chi connectivity index (χ4n) is 3.52. The largest absolute Gasteiger partial charge is 0.497 e. The van der Waals surface area contributed by atoms with E-state index < -0.39 is 4.92 Å². The van der Waals surface area contributed by atoms with Crippen LogP contribution in [-0.2, 0) is 0 Å². The summed E-state index contributed by atoms with van der Waals surface area (Å²) >= 11 is 0.903. The highest BCUT2D eigenvalue weighted by molar-refractivity contribution is 7.17. The summed E-state index contributed by atoms with van der Waals surface area (Å²) in [7, 11) is 1.64. The predicted molar refractivity (Wildman–Crippen MR) is 104 cm³/mol. The van der Waals surface area contributed by atoms with Gasteiger partial charge in [0.2, 0.25) is 0 Å². The Morgan fingerprint density at radius 1 is 1.22 bits per heavy atom. The van der Waals surface area contributed by atoms with Crippen LogP contribution in [0.2, 0.25) is 0 Å². The van der Waals surface area contributed by atoms with E-state index >= 15 is 0 Å². The molecule has 1 aliphatic rings. The topological polar surface area (TPSA) is 85.9 Å². The third kappa shape index (κ3) is 4.84. The first-order valence-electron chi connectivity index (χ1n) is 9.09. The minimum absolute atomic E-state index is 0.0199. The van der Waals surface area contributed by atoms with Gasteiger partial charge in [-0.05, 0) is 49.6 Å². The zero-order valence-electron chi connectivity index (χ0n) is 15.3. The molecule has 1 aromatic carbocycles. The van der Waals surface area contributed by atoms with Gasteiger partial charge in [0.05, 0.1) is 36.5 Å². The molecule has 8 heteroatoms. The van der Waals surface area contributed by atoms with Crippen LogP contribution in [0.3, 0.4) is 0 Å². The molecule has 1 fully saturated rings. The van der Waals surface area contributed by atoms with Crippen LogP contribution < -0.4 is 15.0 Å². The normalized spacial score (nSPS) is 15.9. The van der Waals surface area contributed by atoms with Crippen molar-refractivity contribution in [3.05, 3.63) is 57.0 Å². The number of carbonyl (C=O) groups is 1. The van der Waals surface area contributed by atoms with Crippen molar-refractivity contribution >= 4 is 22.2 Å². The SMILES string of the molecule is COc1ccc([C@@H](CNC(=O)c2ccc([N+](=O)[O-])s2)[NH+]2CCCCC2)cc1. The number of amides is 1. The van der Waals surface area contributed by atoms with Gasteiger partial charge in [-0.2, -0.15) is 0 Å². The molecular weight excluding hydrogens is 366 g/mol. The van der Waals surface area contributed by atoms with E-state index in [1.165, 1.54) is 36.3 Å². The minimum Gasteiger partial charge on any atom is -0.497 e. The number of ether oxygens (including phenoxy) is 1. The summed E-state index contributed by atoms with van der Waals surface area (Å²) in [5.41, 5.74) is 1.16. The van der Waals surface area contributed by atoms with Crippen LogP contribution in [0.15, 0.2) is 36.4 Å². The van der Waals surface area contributed by atoms with Gasteiger partial charge in [0, 0.05) is 11.6 Å². The fourth-order valence-corrected chi connectivity index (χ4v) is 4.26. The quantitative estimate of drug-likeness (QED) is 0.561. The Morgan fingerprint density at radius 2 is 1.93 bits per heavy atom. The lowest BCUT2D eigenvalue weighted by atomic mass is 10.0. The van der Waals surface area contributed by atoms with Crippen molar-refractivity contribution in [3.63, 3.8) is 0 Å². The van der Waals surface area contributed by atoms with E-state index in [-0.39, 0.29) is 17.0 Å². The molecule has 0 radical (unpaired) electrons. The van der Waals surface area contributed by atoms with E-state index in [4.69, 9.17) is 4.74 Å². The lowest BCUT2D eigenvalue weighted by Gasteiger charge is -2.32. The standard InChI is InChI=1S/C19H23N3O4S/c1-26-15-7-5-14(6-8-15)16(21-11-3-2-4-12-21)13-20-19(23)17-9-10-18(27-17)22(24)25/h5-10,16H,2-4,11-13H2,1H3,(H,20,23)/p+1/t16-/m1/s1. The molecule has 0 bridgehead atoms. The average Bonchev–Trinajstić information content (AvgIpc) is 3.20. The molecule has 0 saturated carbocycles. The van der Waals surface area contributed by atoms with Gasteiger partial charge in [-0.1, -0.05) is 11.3 Å². The molecule has 7 nitrogen and oxygen atoms in total. The van der Waals surface area contributed by atoms with Gasteiger partial charge in [-0.15, -0.1) is 0 Å².